The van der Waals surface area contributed by atoms with Crippen molar-refractivity contribution < 1.29 is 19.0 Å². The number of carbonyl (C=O) groups is 1. The van der Waals surface area contributed by atoms with Gasteiger partial charge in [-0.3, -0.25) is 9.69 Å². The molecule has 0 aliphatic carbocycles. The van der Waals surface area contributed by atoms with E-state index < -0.39 is 17.3 Å². The summed E-state index contributed by atoms with van der Waals surface area (Å²) >= 11 is 0. The van der Waals surface area contributed by atoms with Crippen LogP contribution in [0.25, 0.3) is 0 Å². The average Bonchev–Trinajstić information content (AvgIpc) is 2.41. The predicted octanol–water partition coefficient (Wildman–Crippen LogP) is 0.898. The molecule has 0 radical (unpaired) electrons. The Kier molecular flexibility index (Phi) is 4.92. The number of carbonyl (C=O) groups excluding carboxylic acids is 1. The van der Waals surface area contributed by atoms with Crippen molar-refractivity contribution in [3.8, 4) is 0 Å². The molecule has 1 amide bonds. The molecule has 1 aliphatic rings. The molecule has 1 heterocycles. The van der Waals surface area contributed by atoms with E-state index in [-0.39, 0.29) is 5.56 Å². The Balaban J connectivity index is 1.99. The van der Waals surface area contributed by atoms with Crippen LogP contribution in [0.5, 0.6) is 0 Å². The van der Waals surface area contributed by atoms with E-state index in [4.69, 9.17) is 10.5 Å². The lowest BCUT2D eigenvalue weighted by atomic mass is 9.94. The zero-order valence-corrected chi connectivity index (χ0v) is 12.1. The summed E-state index contributed by atoms with van der Waals surface area (Å²) in [6.07, 6.45) is 1.17. The van der Waals surface area contributed by atoms with Gasteiger partial charge in [0.05, 0.1) is 5.60 Å². The molecule has 1 aromatic rings. The molecule has 5 nitrogen and oxygen atoms in total. The fourth-order valence-electron chi connectivity index (χ4n) is 2.59. The van der Waals surface area contributed by atoms with Crippen molar-refractivity contribution in [3.63, 3.8) is 0 Å². The van der Waals surface area contributed by atoms with Gasteiger partial charge in [-0.25, -0.2) is 4.39 Å². The molecule has 0 aromatic heterocycles. The Morgan fingerprint density at radius 2 is 2.14 bits per heavy atom. The Morgan fingerprint density at radius 3 is 2.71 bits per heavy atom. The quantitative estimate of drug-likeness (QED) is 0.846. The SMILES string of the molecule is CN(Cc1ccc(C(N)=O)cc1F)CC1(O)CCOCC1. The van der Waals surface area contributed by atoms with Crippen molar-refractivity contribution in [2.75, 3.05) is 26.8 Å². The molecule has 0 bridgehead atoms. The molecule has 0 saturated carbocycles. The number of hydrogen-bond acceptors (Lipinski definition) is 4. The number of amides is 1. The summed E-state index contributed by atoms with van der Waals surface area (Å²) in [4.78, 5) is 12.9. The first-order valence-electron chi connectivity index (χ1n) is 6.96. The zero-order valence-electron chi connectivity index (χ0n) is 12.1. The van der Waals surface area contributed by atoms with Crippen molar-refractivity contribution in [2.45, 2.75) is 25.0 Å². The standard InChI is InChI=1S/C15H21FN2O3/c1-18(10-15(20)4-6-21-7-5-15)9-12-3-2-11(14(17)19)8-13(12)16/h2-3,8,20H,4-7,9-10H2,1H3,(H2,17,19). The first-order chi connectivity index (χ1) is 9.89. The van der Waals surface area contributed by atoms with Crippen LogP contribution in [0.15, 0.2) is 18.2 Å². The maximum Gasteiger partial charge on any atom is 0.248 e. The average molecular weight is 296 g/mol. The van der Waals surface area contributed by atoms with Gasteiger partial charge in [-0.15, -0.1) is 0 Å². The largest absolute Gasteiger partial charge is 0.388 e. The van der Waals surface area contributed by atoms with Gasteiger partial charge in [-0.1, -0.05) is 6.07 Å². The number of likely N-dealkylation sites (N-methyl/N-ethyl adjacent to an activating group) is 1. The van der Waals surface area contributed by atoms with Crippen molar-refractivity contribution in [1.29, 1.82) is 0 Å². The molecule has 1 aromatic carbocycles. The van der Waals surface area contributed by atoms with Gasteiger partial charge in [0, 0.05) is 50.3 Å². The fraction of sp³-hybridized carbons (Fsp3) is 0.533. The summed E-state index contributed by atoms with van der Waals surface area (Å²) in [7, 11) is 1.83. The minimum atomic E-state index is -0.781. The summed E-state index contributed by atoms with van der Waals surface area (Å²) in [6, 6.07) is 4.21. The maximum atomic E-state index is 13.9. The van der Waals surface area contributed by atoms with Gasteiger partial charge in [0.1, 0.15) is 5.82 Å². The van der Waals surface area contributed by atoms with E-state index in [0.717, 1.165) is 6.07 Å². The number of primary amides is 1. The van der Waals surface area contributed by atoms with Crippen molar-refractivity contribution >= 4 is 5.91 Å². The first kappa shape index (κ1) is 15.9. The highest BCUT2D eigenvalue weighted by molar-refractivity contribution is 5.92. The van der Waals surface area contributed by atoms with Crippen molar-refractivity contribution in [1.82, 2.24) is 4.90 Å². The second kappa shape index (κ2) is 6.51. The van der Waals surface area contributed by atoms with Crippen LogP contribution >= 0.6 is 0 Å². The van der Waals surface area contributed by atoms with Gasteiger partial charge in [0.25, 0.3) is 0 Å². The zero-order chi connectivity index (χ0) is 15.5. The maximum absolute atomic E-state index is 13.9. The first-order valence-corrected chi connectivity index (χ1v) is 6.96. The smallest absolute Gasteiger partial charge is 0.248 e. The molecule has 1 aliphatic heterocycles. The molecule has 1 fully saturated rings. The molecular formula is C15H21FN2O3. The highest BCUT2D eigenvalue weighted by Crippen LogP contribution is 2.22. The Morgan fingerprint density at radius 1 is 1.48 bits per heavy atom. The van der Waals surface area contributed by atoms with Crippen LogP contribution in [0.2, 0.25) is 0 Å². The monoisotopic (exact) mass is 296 g/mol. The van der Waals surface area contributed by atoms with Crippen molar-refractivity contribution in [3.05, 3.63) is 35.1 Å². The third-order valence-corrected chi connectivity index (χ3v) is 3.77. The number of nitrogens with two attached hydrogens (primary N) is 1. The lowest BCUT2D eigenvalue weighted by molar-refractivity contribution is -0.0778. The predicted molar refractivity (Wildman–Crippen MR) is 76.3 cm³/mol. The van der Waals surface area contributed by atoms with Gasteiger partial charge in [-0.2, -0.15) is 0 Å². The third-order valence-electron chi connectivity index (χ3n) is 3.77. The number of ether oxygens (including phenoxy) is 1. The van der Waals surface area contributed by atoms with Gasteiger partial charge in [0.15, 0.2) is 0 Å². The Bertz CT molecular complexity index is 516. The summed E-state index contributed by atoms with van der Waals surface area (Å²) in [5, 5.41) is 10.4. The highest BCUT2D eigenvalue weighted by atomic mass is 19.1. The number of rotatable bonds is 5. The summed E-state index contributed by atoms with van der Waals surface area (Å²) in [6.45, 7) is 1.90. The van der Waals surface area contributed by atoms with Gasteiger partial charge in [-0.05, 0) is 19.2 Å². The lowest BCUT2D eigenvalue weighted by Crippen LogP contribution is -2.45. The third kappa shape index (κ3) is 4.23. The van der Waals surface area contributed by atoms with E-state index in [9.17, 15) is 14.3 Å². The number of halogens is 1. The van der Waals surface area contributed by atoms with E-state index in [1.807, 2.05) is 11.9 Å². The van der Waals surface area contributed by atoms with Crippen LogP contribution in [-0.2, 0) is 11.3 Å². The fourth-order valence-corrected chi connectivity index (χ4v) is 2.59. The summed E-state index contributed by atoms with van der Waals surface area (Å²) < 4.78 is 19.2. The van der Waals surface area contributed by atoms with Crippen LogP contribution in [0.3, 0.4) is 0 Å². The van der Waals surface area contributed by atoms with E-state index >= 15 is 0 Å². The Hall–Kier alpha value is -1.50. The van der Waals surface area contributed by atoms with Crippen molar-refractivity contribution in [2.24, 2.45) is 5.73 Å². The molecule has 6 heteroatoms. The number of hydrogen-bond donors (Lipinski definition) is 2. The minimum absolute atomic E-state index is 0.155. The van der Waals surface area contributed by atoms with Gasteiger partial charge < -0.3 is 15.6 Å². The second-order valence-electron chi connectivity index (χ2n) is 5.68. The normalized spacial score (nSPS) is 17.9. The molecule has 0 atom stereocenters. The molecule has 116 valence electrons. The summed E-state index contributed by atoms with van der Waals surface area (Å²) in [5.74, 6) is -1.11. The number of benzene rings is 1. The molecule has 2 rings (SSSR count). The highest BCUT2D eigenvalue weighted by Gasteiger charge is 2.31. The van der Waals surface area contributed by atoms with Gasteiger partial charge in [0.2, 0.25) is 5.91 Å². The second-order valence-corrected chi connectivity index (χ2v) is 5.68. The van der Waals surface area contributed by atoms with Crippen LogP contribution < -0.4 is 5.73 Å². The van der Waals surface area contributed by atoms with E-state index in [0.29, 0.717) is 44.7 Å². The molecule has 0 unspecified atom stereocenters. The minimum Gasteiger partial charge on any atom is -0.388 e. The molecule has 21 heavy (non-hydrogen) atoms. The lowest BCUT2D eigenvalue weighted by Gasteiger charge is -2.35. The van der Waals surface area contributed by atoms with E-state index in [1.54, 1.807) is 6.07 Å². The number of aliphatic hydroxyl groups is 1. The summed E-state index contributed by atoms with van der Waals surface area (Å²) in [5.41, 5.74) is 4.96. The van der Waals surface area contributed by atoms with Crippen LogP contribution in [0, 0.1) is 5.82 Å². The van der Waals surface area contributed by atoms with Crippen LogP contribution in [-0.4, -0.2) is 48.3 Å². The molecular weight excluding hydrogens is 275 g/mol. The van der Waals surface area contributed by atoms with E-state index in [1.165, 1.54) is 6.07 Å². The number of nitrogens with zero attached hydrogens (tertiary/aromatic N) is 1. The molecule has 3 N–H and O–H groups in total. The Labute approximate surface area is 123 Å². The van der Waals surface area contributed by atoms with E-state index in [2.05, 4.69) is 0 Å². The topological polar surface area (TPSA) is 75.8 Å². The molecule has 1 saturated heterocycles. The van der Waals surface area contributed by atoms with Crippen LogP contribution in [0.1, 0.15) is 28.8 Å². The van der Waals surface area contributed by atoms with Crippen LogP contribution in [0.4, 0.5) is 4.39 Å². The van der Waals surface area contributed by atoms with Gasteiger partial charge >= 0.3 is 0 Å². The molecule has 0 spiro atoms.